The maximum absolute atomic E-state index is 12.4. The van der Waals surface area contributed by atoms with Crippen molar-refractivity contribution in [2.24, 2.45) is 0 Å². The third-order valence-electron chi connectivity index (χ3n) is 8.43. The van der Waals surface area contributed by atoms with Crippen LogP contribution in [0.2, 0.25) is 20.1 Å². The lowest BCUT2D eigenvalue weighted by atomic mass is 10.1. The number of hydrogen-bond acceptors (Lipinski definition) is 6. The van der Waals surface area contributed by atoms with E-state index in [1.54, 1.807) is 79.7 Å². The predicted molar refractivity (Wildman–Crippen MR) is 252 cm³/mol. The van der Waals surface area contributed by atoms with Crippen molar-refractivity contribution in [2.45, 2.75) is 37.5 Å². The Hall–Kier alpha value is -4.10. The predicted octanol–water partition coefficient (Wildman–Crippen LogP) is 12.3. The minimum absolute atomic E-state index is 0.281. The van der Waals surface area contributed by atoms with Crippen LogP contribution in [-0.2, 0) is 20.0 Å². The number of fused-ring (bicyclic) bond motifs is 1. The number of ether oxygens (including phenoxy) is 2. The summed E-state index contributed by atoms with van der Waals surface area (Å²) < 4.78 is 62.8. The summed E-state index contributed by atoms with van der Waals surface area (Å²) >= 11 is 23.5. The molecule has 14 heteroatoms. The summed E-state index contributed by atoms with van der Waals surface area (Å²) in [6.07, 6.45) is 10.7. The van der Waals surface area contributed by atoms with Crippen LogP contribution in [0.1, 0.15) is 36.1 Å². The number of sulfonamides is 2. The molecule has 2 aliphatic heterocycles. The highest BCUT2D eigenvalue weighted by Crippen LogP contribution is 2.35. The van der Waals surface area contributed by atoms with E-state index < -0.39 is 20.0 Å². The highest BCUT2D eigenvalue weighted by atomic mass is 35.5. The van der Waals surface area contributed by atoms with E-state index in [-0.39, 0.29) is 6.54 Å². The van der Waals surface area contributed by atoms with Crippen LogP contribution in [0.25, 0.3) is 12.2 Å². The van der Waals surface area contributed by atoms with Gasteiger partial charge >= 0.3 is 0 Å². The van der Waals surface area contributed by atoms with Crippen molar-refractivity contribution in [1.29, 1.82) is 0 Å². The second-order valence-electron chi connectivity index (χ2n) is 13.6. The fraction of sp³-hybridized carbons (Fsp3) is 0.217. The molecule has 0 unspecified atom stereocenters. The molecule has 0 saturated heterocycles. The van der Waals surface area contributed by atoms with Crippen LogP contribution in [0.5, 0.6) is 11.5 Å². The van der Waals surface area contributed by atoms with Crippen LogP contribution in [0, 0.1) is 13.8 Å². The van der Waals surface area contributed by atoms with Gasteiger partial charge in [0.05, 0.1) is 19.8 Å². The second kappa shape index (κ2) is 23.8. The van der Waals surface area contributed by atoms with Gasteiger partial charge in [-0.25, -0.2) is 16.8 Å². The molecule has 2 aliphatic rings. The van der Waals surface area contributed by atoms with Crippen LogP contribution < -0.4 is 9.47 Å². The van der Waals surface area contributed by atoms with Crippen LogP contribution in [0.15, 0.2) is 144 Å². The van der Waals surface area contributed by atoms with E-state index in [0.717, 1.165) is 39.1 Å². The molecular formula is C46H50Cl4N2O6S2. The largest absolute Gasteiger partial charge is 0.487 e. The van der Waals surface area contributed by atoms with Crippen LogP contribution in [0.3, 0.4) is 0 Å². The van der Waals surface area contributed by atoms with Crippen molar-refractivity contribution in [3.05, 3.63) is 177 Å². The van der Waals surface area contributed by atoms with E-state index in [9.17, 15) is 16.8 Å². The Morgan fingerprint density at radius 1 is 0.833 bits per heavy atom. The zero-order valence-electron chi connectivity index (χ0n) is 34.1. The van der Waals surface area contributed by atoms with E-state index in [1.165, 1.54) is 8.61 Å². The molecule has 4 aromatic rings. The maximum Gasteiger partial charge on any atom is 0.243 e. The van der Waals surface area contributed by atoms with E-state index in [0.29, 0.717) is 68.5 Å². The summed E-state index contributed by atoms with van der Waals surface area (Å²) in [7, 11) is -6.78. The summed E-state index contributed by atoms with van der Waals surface area (Å²) in [6.45, 7) is 24.8. The molecule has 0 aromatic heterocycles. The van der Waals surface area contributed by atoms with Gasteiger partial charge in [-0.2, -0.15) is 8.61 Å². The Balaban J connectivity index is 0.000000215. The molecule has 0 N–H and O–H groups in total. The molecule has 320 valence electrons. The maximum atomic E-state index is 12.4. The molecule has 8 nitrogen and oxygen atoms in total. The SMILES string of the molecule is C=CCN(CC(=C)C)S(=O)(=O)c1ccc(C)cc1.C=CCOc1c(Cl)cc(Cl)cc1C=C.CC1=CCN(S(=O)(=O)c2ccc(C)cc2)C1.Clc1cc(Cl)c2c(c1)C=CCO2. The first kappa shape index (κ1) is 50.3. The molecule has 0 fully saturated rings. The standard InChI is InChI=1S/C14H19NO2S.C12H15NO2S.C11H10Cl2O.C9H6Cl2O/c1-5-10-15(11-12(2)3)18(16,17)14-8-6-13(4)7-9-14;1-10-3-5-12(6-4-10)16(14,15)13-8-7-11(2)9-13;1-3-5-14-11-8(4-2)6-9(12)7-10(11)13;10-7-4-6-2-1-3-12-9(6)8(11)5-7/h5-9H,1-2,10-11H2,3-4H3;3-7H,8-9H2,1-2H3;3-4,6-7H,1-2,5H2;1-2,4-5H,3H2. The molecule has 6 rings (SSSR count). The molecule has 0 atom stereocenters. The third-order valence-corrected chi connectivity index (χ3v) is 13.1. The van der Waals surface area contributed by atoms with Gasteiger partial charge in [0.25, 0.3) is 0 Å². The van der Waals surface area contributed by atoms with Gasteiger partial charge in [-0.3, -0.25) is 0 Å². The lowest BCUT2D eigenvalue weighted by Gasteiger charge is -2.20. The molecule has 2 heterocycles. The van der Waals surface area contributed by atoms with Gasteiger partial charge in [0, 0.05) is 47.4 Å². The molecule has 4 aromatic carbocycles. The van der Waals surface area contributed by atoms with Crippen molar-refractivity contribution in [1.82, 2.24) is 8.61 Å². The molecule has 0 aliphatic carbocycles. The average Bonchev–Trinajstić information content (AvgIpc) is 3.65. The van der Waals surface area contributed by atoms with Gasteiger partial charge in [0.1, 0.15) is 24.7 Å². The molecule has 60 heavy (non-hydrogen) atoms. The highest BCUT2D eigenvalue weighted by Gasteiger charge is 2.26. The van der Waals surface area contributed by atoms with Gasteiger partial charge in [0.2, 0.25) is 20.0 Å². The fourth-order valence-electron chi connectivity index (χ4n) is 5.45. The molecule has 0 radical (unpaired) electrons. The van der Waals surface area contributed by atoms with Crippen molar-refractivity contribution in [3.63, 3.8) is 0 Å². The van der Waals surface area contributed by atoms with Gasteiger partial charge in [-0.15, -0.1) is 6.58 Å². The van der Waals surface area contributed by atoms with Crippen molar-refractivity contribution >= 4 is 78.6 Å². The number of hydrogen-bond donors (Lipinski definition) is 0. The quantitative estimate of drug-likeness (QED) is 0.131. The lowest BCUT2D eigenvalue weighted by molar-refractivity contribution is 0.359. The minimum atomic E-state index is -3.47. The van der Waals surface area contributed by atoms with E-state index >= 15 is 0 Å². The summed E-state index contributed by atoms with van der Waals surface area (Å²) in [5.74, 6) is 1.31. The second-order valence-corrected chi connectivity index (χ2v) is 19.2. The van der Waals surface area contributed by atoms with Gasteiger partial charge in [-0.1, -0.05) is 143 Å². The Morgan fingerprint density at radius 3 is 1.95 bits per heavy atom. The van der Waals surface area contributed by atoms with Crippen molar-refractivity contribution in [3.8, 4) is 11.5 Å². The third kappa shape index (κ3) is 14.8. The Labute approximate surface area is 376 Å². The first-order valence-electron chi connectivity index (χ1n) is 18.5. The lowest BCUT2D eigenvalue weighted by Crippen LogP contribution is -2.32. The van der Waals surface area contributed by atoms with Crippen LogP contribution >= 0.6 is 46.4 Å². The van der Waals surface area contributed by atoms with Gasteiger partial charge in [0.15, 0.2) is 0 Å². The van der Waals surface area contributed by atoms with Gasteiger partial charge < -0.3 is 9.47 Å². The van der Waals surface area contributed by atoms with Crippen LogP contribution in [-0.4, -0.2) is 64.8 Å². The van der Waals surface area contributed by atoms with E-state index in [1.807, 2.05) is 57.2 Å². The number of rotatable bonds is 12. The Kier molecular flexibility index (Phi) is 19.9. The monoisotopic (exact) mass is 930 g/mol. The minimum Gasteiger partial charge on any atom is -0.487 e. The fourth-order valence-corrected chi connectivity index (χ4v) is 9.47. The first-order chi connectivity index (χ1) is 28.3. The average molecular weight is 933 g/mol. The van der Waals surface area contributed by atoms with E-state index in [4.69, 9.17) is 55.9 Å². The zero-order valence-corrected chi connectivity index (χ0v) is 38.8. The first-order valence-corrected chi connectivity index (χ1v) is 22.9. The van der Waals surface area contributed by atoms with E-state index in [2.05, 4.69) is 26.3 Å². The summed E-state index contributed by atoms with van der Waals surface area (Å²) in [5, 5.41) is 2.25. The summed E-state index contributed by atoms with van der Waals surface area (Å²) in [6, 6.07) is 20.7. The normalized spacial score (nSPS) is 13.1. The smallest absolute Gasteiger partial charge is 0.243 e. The number of halogens is 4. The molecule has 0 saturated carbocycles. The van der Waals surface area contributed by atoms with Crippen molar-refractivity contribution < 1.29 is 26.3 Å². The molecule has 0 amide bonds. The van der Waals surface area contributed by atoms with Gasteiger partial charge in [-0.05, 0) is 82.3 Å². The molecular weight excluding hydrogens is 882 g/mol. The van der Waals surface area contributed by atoms with Crippen molar-refractivity contribution in [2.75, 3.05) is 39.4 Å². The Bertz CT molecular complexity index is 2430. The number of aryl methyl sites for hydroxylation is 2. The topological polar surface area (TPSA) is 93.2 Å². The zero-order chi connectivity index (χ0) is 44.6. The van der Waals surface area contributed by atoms with Crippen LogP contribution in [0.4, 0.5) is 0 Å². The Morgan fingerprint density at radius 2 is 1.42 bits per heavy atom. The molecule has 0 bridgehead atoms. The highest BCUT2D eigenvalue weighted by molar-refractivity contribution is 7.89. The number of nitrogens with zero attached hydrogens (tertiary/aromatic N) is 2. The molecule has 0 spiro atoms. The summed E-state index contributed by atoms with van der Waals surface area (Å²) in [5.41, 5.74) is 5.73. The summed E-state index contributed by atoms with van der Waals surface area (Å²) in [4.78, 5) is 0.678. The number of benzene rings is 4.